The van der Waals surface area contributed by atoms with Crippen molar-refractivity contribution in [1.29, 1.82) is 5.26 Å². The van der Waals surface area contributed by atoms with Gasteiger partial charge in [-0.1, -0.05) is 23.2 Å². The third-order valence-electron chi connectivity index (χ3n) is 1.75. The van der Waals surface area contributed by atoms with Crippen LogP contribution in [0.15, 0.2) is 12.1 Å². The second-order valence-corrected chi connectivity index (χ2v) is 3.57. The molecule has 1 aromatic carbocycles. The van der Waals surface area contributed by atoms with Crippen molar-refractivity contribution in [3.8, 4) is 6.07 Å². The van der Waals surface area contributed by atoms with Crippen LogP contribution in [0.3, 0.4) is 0 Å². The van der Waals surface area contributed by atoms with Crippen molar-refractivity contribution in [1.82, 2.24) is 0 Å². The second kappa shape index (κ2) is 4.61. The molecule has 0 aliphatic carbocycles. The zero-order chi connectivity index (χ0) is 10.7. The zero-order valence-electron chi connectivity index (χ0n) is 7.10. The summed E-state index contributed by atoms with van der Waals surface area (Å²) in [6, 6.07) is 3.75. The van der Waals surface area contributed by atoms with Crippen LogP contribution in [-0.4, -0.2) is 0 Å². The van der Waals surface area contributed by atoms with Crippen molar-refractivity contribution in [2.45, 2.75) is 12.5 Å². The molecule has 0 spiro atoms. The van der Waals surface area contributed by atoms with Gasteiger partial charge in [-0.05, 0) is 17.7 Å². The molecule has 74 valence electrons. The predicted octanol–water partition coefficient (Wildman–Crippen LogP) is 3.05. The van der Waals surface area contributed by atoms with E-state index in [1.54, 1.807) is 0 Å². The number of nitrogens with zero attached hydrogens (tertiary/aromatic N) is 1. The zero-order valence-corrected chi connectivity index (χ0v) is 8.61. The first-order valence-electron chi connectivity index (χ1n) is 3.83. The Morgan fingerprint density at radius 2 is 2.07 bits per heavy atom. The molecule has 1 atom stereocenters. The summed E-state index contributed by atoms with van der Waals surface area (Å²) in [6.45, 7) is 0. The van der Waals surface area contributed by atoms with E-state index in [0.717, 1.165) is 6.07 Å². The van der Waals surface area contributed by atoms with E-state index in [4.69, 9.17) is 34.2 Å². The maximum Gasteiger partial charge on any atom is 0.142 e. The minimum atomic E-state index is -0.584. The van der Waals surface area contributed by atoms with Crippen molar-refractivity contribution in [3.05, 3.63) is 33.6 Å². The number of halogens is 3. The van der Waals surface area contributed by atoms with E-state index < -0.39 is 11.9 Å². The number of nitrogens with two attached hydrogens (primary N) is 1. The molecular weight excluding hydrogens is 226 g/mol. The van der Waals surface area contributed by atoms with Gasteiger partial charge in [-0.25, -0.2) is 4.39 Å². The maximum absolute atomic E-state index is 13.0. The highest BCUT2D eigenvalue weighted by atomic mass is 35.5. The van der Waals surface area contributed by atoms with Crippen molar-refractivity contribution in [2.75, 3.05) is 0 Å². The molecular formula is C9H7Cl2FN2. The Kier molecular flexibility index (Phi) is 3.70. The van der Waals surface area contributed by atoms with Crippen LogP contribution in [0.5, 0.6) is 0 Å². The molecule has 0 unspecified atom stereocenters. The van der Waals surface area contributed by atoms with E-state index in [9.17, 15) is 4.39 Å². The molecule has 0 aliphatic heterocycles. The van der Waals surface area contributed by atoms with Crippen molar-refractivity contribution in [2.24, 2.45) is 5.73 Å². The lowest BCUT2D eigenvalue weighted by Gasteiger charge is -2.10. The Morgan fingerprint density at radius 1 is 1.43 bits per heavy atom. The van der Waals surface area contributed by atoms with Gasteiger partial charge < -0.3 is 5.73 Å². The molecule has 0 radical (unpaired) electrons. The Bertz CT molecular complexity index is 387. The van der Waals surface area contributed by atoms with E-state index in [1.807, 2.05) is 6.07 Å². The van der Waals surface area contributed by atoms with Crippen LogP contribution >= 0.6 is 23.2 Å². The van der Waals surface area contributed by atoms with Gasteiger partial charge in [0.1, 0.15) is 5.82 Å². The van der Waals surface area contributed by atoms with Crippen LogP contribution in [0.4, 0.5) is 4.39 Å². The summed E-state index contributed by atoms with van der Waals surface area (Å²) in [5, 5.41) is 8.64. The van der Waals surface area contributed by atoms with Crippen LogP contribution in [0, 0.1) is 17.1 Å². The summed E-state index contributed by atoms with van der Waals surface area (Å²) in [6.07, 6.45) is 0.0841. The highest BCUT2D eigenvalue weighted by Crippen LogP contribution is 2.28. The van der Waals surface area contributed by atoms with Gasteiger partial charge in [0.15, 0.2) is 0 Å². The first kappa shape index (κ1) is 11.3. The Hall–Kier alpha value is -0.820. The summed E-state index contributed by atoms with van der Waals surface area (Å²) in [7, 11) is 0. The van der Waals surface area contributed by atoms with Gasteiger partial charge in [0, 0.05) is 11.1 Å². The van der Waals surface area contributed by atoms with E-state index in [1.165, 1.54) is 6.07 Å². The molecule has 1 rings (SSSR count). The maximum atomic E-state index is 13.0. The molecule has 0 amide bonds. The van der Waals surface area contributed by atoms with Crippen LogP contribution < -0.4 is 5.73 Å². The summed E-state index contributed by atoms with van der Waals surface area (Å²) >= 11 is 11.3. The molecule has 0 fully saturated rings. The molecule has 1 aromatic rings. The number of hydrogen-bond donors (Lipinski definition) is 1. The van der Waals surface area contributed by atoms with Gasteiger partial charge in [-0.2, -0.15) is 5.26 Å². The lowest BCUT2D eigenvalue weighted by molar-refractivity contribution is 0.620. The quantitative estimate of drug-likeness (QED) is 0.798. The van der Waals surface area contributed by atoms with Crippen molar-refractivity contribution >= 4 is 23.2 Å². The summed E-state index contributed by atoms with van der Waals surface area (Å²) < 4.78 is 13.0. The average Bonchev–Trinajstić information content (AvgIpc) is 2.11. The van der Waals surface area contributed by atoms with Gasteiger partial charge >= 0.3 is 0 Å². The topological polar surface area (TPSA) is 49.8 Å². The largest absolute Gasteiger partial charge is 0.323 e. The number of nitriles is 1. The van der Waals surface area contributed by atoms with Gasteiger partial charge in [0.25, 0.3) is 0 Å². The summed E-state index contributed by atoms with van der Waals surface area (Å²) in [5.74, 6) is -0.584. The third-order valence-corrected chi connectivity index (χ3v) is 2.37. The average molecular weight is 233 g/mol. The second-order valence-electron chi connectivity index (χ2n) is 2.76. The van der Waals surface area contributed by atoms with E-state index in [-0.39, 0.29) is 16.5 Å². The molecule has 0 saturated heterocycles. The van der Waals surface area contributed by atoms with Gasteiger partial charge in [0.05, 0.1) is 17.5 Å². The number of benzene rings is 1. The lowest BCUT2D eigenvalue weighted by Crippen LogP contribution is -2.10. The SMILES string of the molecule is N#CC[C@@H](N)c1cc(F)c(Cl)cc1Cl. The predicted molar refractivity (Wildman–Crippen MR) is 53.6 cm³/mol. The number of hydrogen-bond acceptors (Lipinski definition) is 2. The van der Waals surface area contributed by atoms with Gasteiger partial charge in [0.2, 0.25) is 0 Å². The molecule has 0 bridgehead atoms. The van der Waals surface area contributed by atoms with Crippen LogP contribution in [-0.2, 0) is 0 Å². The molecule has 0 aliphatic rings. The first-order valence-corrected chi connectivity index (χ1v) is 4.58. The monoisotopic (exact) mass is 232 g/mol. The normalized spacial score (nSPS) is 12.2. The minimum absolute atomic E-state index is 0.0529. The molecule has 2 nitrogen and oxygen atoms in total. The van der Waals surface area contributed by atoms with Crippen LogP contribution in [0.25, 0.3) is 0 Å². The van der Waals surface area contributed by atoms with Crippen molar-refractivity contribution in [3.63, 3.8) is 0 Å². The Balaban J connectivity index is 3.10. The van der Waals surface area contributed by atoms with E-state index in [2.05, 4.69) is 0 Å². The molecule has 0 aromatic heterocycles. The number of rotatable bonds is 2. The highest BCUT2D eigenvalue weighted by molar-refractivity contribution is 6.35. The molecule has 2 N–H and O–H groups in total. The molecule has 0 heterocycles. The summed E-state index contributed by atoms with van der Waals surface area (Å²) in [5.41, 5.74) is 6.01. The van der Waals surface area contributed by atoms with Gasteiger partial charge in [-0.3, -0.25) is 0 Å². The summed E-state index contributed by atoms with van der Waals surface area (Å²) in [4.78, 5) is 0. The third kappa shape index (κ3) is 2.36. The first-order chi connectivity index (χ1) is 6.56. The standard InChI is InChI=1S/C9H7Cl2FN2/c10-6-4-7(11)8(12)3-5(6)9(14)1-2-13/h3-4,9H,1,14H2/t9-/m1/s1. The van der Waals surface area contributed by atoms with E-state index in [0.29, 0.717) is 5.56 Å². The lowest BCUT2D eigenvalue weighted by atomic mass is 10.1. The molecule has 0 saturated carbocycles. The fraction of sp³-hybridized carbons (Fsp3) is 0.222. The molecule has 5 heteroatoms. The molecule has 14 heavy (non-hydrogen) atoms. The van der Waals surface area contributed by atoms with Crippen molar-refractivity contribution < 1.29 is 4.39 Å². The Morgan fingerprint density at radius 3 is 2.64 bits per heavy atom. The van der Waals surface area contributed by atoms with Crippen LogP contribution in [0.1, 0.15) is 18.0 Å². The van der Waals surface area contributed by atoms with Gasteiger partial charge in [-0.15, -0.1) is 0 Å². The van der Waals surface area contributed by atoms with E-state index >= 15 is 0 Å². The smallest absolute Gasteiger partial charge is 0.142 e. The fourth-order valence-corrected chi connectivity index (χ4v) is 1.55. The highest BCUT2D eigenvalue weighted by Gasteiger charge is 2.13. The van der Waals surface area contributed by atoms with Crippen LogP contribution in [0.2, 0.25) is 10.0 Å². The fourth-order valence-electron chi connectivity index (χ4n) is 1.03. The Labute approximate surface area is 91.0 Å². The minimum Gasteiger partial charge on any atom is -0.323 e.